The monoisotopic (exact) mass is 281 g/mol. The third-order valence-corrected chi connectivity index (χ3v) is 4.27. The molecule has 2 atom stereocenters. The molecule has 2 fully saturated rings. The summed E-state index contributed by atoms with van der Waals surface area (Å²) in [6.45, 7) is 3.50. The molecule has 0 N–H and O–H groups in total. The number of rotatable bonds is 2. The number of aromatic nitrogens is 1. The molecule has 2 aliphatic rings. The van der Waals surface area contributed by atoms with Gasteiger partial charge in [0.15, 0.2) is 0 Å². The van der Waals surface area contributed by atoms with Crippen molar-refractivity contribution in [1.82, 2.24) is 14.8 Å². The highest BCUT2D eigenvalue weighted by molar-refractivity contribution is 9.10. The van der Waals surface area contributed by atoms with E-state index in [0.29, 0.717) is 0 Å². The van der Waals surface area contributed by atoms with E-state index in [9.17, 15) is 0 Å². The zero-order chi connectivity index (χ0) is 11.1. The molecule has 2 bridgehead atoms. The summed E-state index contributed by atoms with van der Waals surface area (Å²) in [5.41, 5.74) is 1.32. The maximum Gasteiger partial charge on any atom is 0.106 e. The Morgan fingerprint density at radius 1 is 1.38 bits per heavy atom. The van der Waals surface area contributed by atoms with Gasteiger partial charge in [0, 0.05) is 37.9 Å². The van der Waals surface area contributed by atoms with Gasteiger partial charge in [-0.3, -0.25) is 4.90 Å². The molecule has 86 valence electrons. The van der Waals surface area contributed by atoms with E-state index in [2.05, 4.69) is 43.8 Å². The maximum atomic E-state index is 4.28. The molecular formula is C12H16BrN3. The van der Waals surface area contributed by atoms with Crippen LogP contribution in [0.4, 0.5) is 0 Å². The molecule has 0 aliphatic carbocycles. The highest BCUT2D eigenvalue weighted by atomic mass is 79.9. The Kier molecular flexibility index (Phi) is 2.73. The first-order valence-corrected chi connectivity index (χ1v) is 6.56. The quantitative estimate of drug-likeness (QED) is 0.770. The van der Waals surface area contributed by atoms with Crippen molar-refractivity contribution in [2.75, 3.05) is 20.1 Å². The van der Waals surface area contributed by atoms with Gasteiger partial charge in [-0.25, -0.2) is 4.98 Å². The van der Waals surface area contributed by atoms with E-state index in [1.54, 1.807) is 0 Å². The van der Waals surface area contributed by atoms with Crippen LogP contribution in [0.1, 0.15) is 12.0 Å². The molecule has 0 unspecified atom stereocenters. The molecule has 0 spiro atoms. The summed E-state index contributed by atoms with van der Waals surface area (Å²) in [5.74, 6) is 0. The van der Waals surface area contributed by atoms with E-state index < -0.39 is 0 Å². The van der Waals surface area contributed by atoms with Crippen LogP contribution in [0.3, 0.4) is 0 Å². The van der Waals surface area contributed by atoms with E-state index in [1.165, 1.54) is 25.1 Å². The van der Waals surface area contributed by atoms with E-state index >= 15 is 0 Å². The van der Waals surface area contributed by atoms with Gasteiger partial charge < -0.3 is 4.90 Å². The summed E-state index contributed by atoms with van der Waals surface area (Å²) in [4.78, 5) is 9.36. The van der Waals surface area contributed by atoms with Crippen LogP contribution in [0.2, 0.25) is 0 Å². The lowest BCUT2D eigenvalue weighted by molar-refractivity contribution is 0.143. The minimum absolute atomic E-state index is 0.763. The molecule has 0 amide bonds. The standard InChI is InChI=1S/C12H16BrN3/c1-15-7-11-4-10(15)8-16(11)6-9-2-3-12(13)14-5-9/h2-3,5,10-11H,4,6-8H2,1H3/t10-,11-/m0/s1. The summed E-state index contributed by atoms with van der Waals surface area (Å²) < 4.78 is 0.916. The summed E-state index contributed by atoms with van der Waals surface area (Å²) in [7, 11) is 2.24. The fraction of sp³-hybridized carbons (Fsp3) is 0.583. The Morgan fingerprint density at radius 3 is 2.81 bits per heavy atom. The van der Waals surface area contributed by atoms with Crippen LogP contribution in [0.5, 0.6) is 0 Å². The smallest absolute Gasteiger partial charge is 0.106 e. The first-order chi connectivity index (χ1) is 7.72. The number of nitrogens with zero attached hydrogens (tertiary/aromatic N) is 3. The average molecular weight is 282 g/mol. The van der Waals surface area contributed by atoms with Crippen molar-refractivity contribution in [1.29, 1.82) is 0 Å². The first kappa shape index (κ1) is 10.7. The average Bonchev–Trinajstić information content (AvgIpc) is 2.80. The zero-order valence-electron chi connectivity index (χ0n) is 9.43. The fourth-order valence-electron chi connectivity index (χ4n) is 2.88. The van der Waals surface area contributed by atoms with Crippen molar-refractivity contribution < 1.29 is 0 Å². The van der Waals surface area contributed by atoms with Crippen LogP contribution in [-0.2, 0) is 6.54 Å². The third kappa shape index (κ3) is 1.90. The molecule has 3 nitrogen and oxygen atoms in total. The van der Waals surface area contributed by atoms with Crippen LogP contribution >= 0.6 is 15.9 Å². The highest BCUT2D eigenvalue weighted by Crippen LogP contribution is 2.30. The van der Waals surface area contributed by atoms with Crippen molar-refractivity contribution in [3.8, 4) is 0 Å². The zero-order valence-corrected chi connectivity index (χ0v) is 11.0. The lowest BCUT2D eigenvalue weighted by Crippen LogP contribution is -2.43. The number of hydrogen-bond donors (Lipinski definition) is 0. The van der Waals surface area contributed by atoms with Gasteiger partial charge in [0.25, 0.3) is 0 Å². The fourth-order valence-corrected chi connectivity index (χ4v) is 3.11. The van der Waals surface area contributed by atoms with Crippen molar-refractivity contribution in [2.24, 2.45) is 0 Å². The van der Waals surface area contributed by atoms with Gasteiger partial charge in [0.1, 0.15) is 4.60 Å². The Hall–Kier alpha value is -0.450. The minimum Gasteiger partial charge on any atom is -0.301 e. The van der Waals surface area contributed by atoms with Crippen LogP contribution in [-0.4, -0.2) is 47.0 Å². The minimum atomic E-state index is 0.763. The number of halogens is 1. The summed E-state index contributed by atoms with van der Waals surface area (Å²) in [5, 5.41) is 0. The number of piperazine rings is 1. The molecular weight excluding hydrogens is 266 g/mol. The van der Waals surface area contributed by atoms with Crippen LogP contribution in [0.15, 0.2) is 22.9 Å². The third-order valence-electron chi connectivity index (χ3n) is 3.80. The largest absolute Gasteiger partial charge is 0.301 e. The molecule has 3 heterocycles. The lowest BCUT2D eigenvalue weighted by Gasteiger charge is -2.31. The second-order valence-corrected chi connectivity index (χ2v) is 5.71. The molecule has 2 aliphatic heterocycles. The van der Waals surface area contributed by atoms with Gasteiger partial charge in [-0.2, -0.15) is 0 Å². The Bertz CT molecular complexity index is 376. The van der Waals surface area contributed by atoms with Gasteiger partial charge in [-0.05, 0) is 41.0 Å². The Labute approximate surface area is 105 Å². The van der Waals surface area contributed by atoms with Crippen molar-refractivity contribution in [3.05, 3.63) is 28.5 Å². The number of hydrogen-bond acceptors (Lipinski definition) is 3. The summed E-state index contributed by atoms with van der Waals surface area (Å²) >= 11 is 3.37. The molecule has 0 aromatic carbocycles. The van der Waals surface area contributed by atoms with E-state index in [0.717, 1.165) is 23.2 Å². The lowest BCUT2D eigenvalue weighted by atomic mass is 10.2. The second kappa shape index (κ2) is 4.09. The molecule has 0 radical (unpaired) electrons. The number of pyridine rings is 1. The first-order valence-electron chi connectivity index (χ1n) is 5.77. The van der Waals surface area contributed by atoms with Crippen LogP contribution < -0.4 is 0 Å². The highest BCUT2D eigenvalue weighted by Gasteiger charge is 2.40. The predicted molar refractivity (Wildman–Crippen MR) is 67.2 cm³/mol. The van der Waals surface area contributed by atoms with Gasteiger partial charge in [0.2, 0.25) is 0 Å². The van der Waals surface area contributed by atoms with Crippen molar-refractivity contribution >= 4 is 15.9 Å². The van der Waals surface area contributed by atoms with Gasteiger partial charge >= 0.3 is 0 Å². The van der Waals surface area contributed by atoms with Gasteiger partial charge in [-0.15, -0.1) is 0 Å². The Morgan fingerprint density at radius 2 is 2.25 bits per heavy atom. The molecule has 2 saturated heterocycles. The van der Waals surface area contributed by atoms with E-state index in [1.807, 2.05) is 12.3 Å². The van der Waals surface area contributed by atoms with Gasteiger partial charge in [0.05, 0.1) is 0 Å². The van der Waals surface area contributed by atoms with Crippen molar-refractivity contribution in [2.45, 2.75) is 25.0 Å². The van der Waals surface area contributed by atoms with Crippen LogP contribution in [0.25, 0.3) is 0 Å². The van der Waals surface area contributed by atoms with Gasteiger partial charge in [-0.1, -0.05) is 6.07 Å². The second-order valence-electron chi connectivity index (χ2n) is 4.90. The van der Waals surface area contributed by atoms with E-state index in [-0.39, 0.29) is 0 Å². The SMILES string of the molecule is CN1C[C@@H]2C[C@H]1CN2Cc1ccc(Br)nc1. The number of likely N-dealkylation sites (tertiary alicyclic amines) is 2. The molecule has 0 saturated carbocycles. The molecule has 3 rings (SSSR count). The Balaban J connectivity index is 1.66. The van der Waals surface area contributed by atoms with Crippen molar-refractivity contribution in [3.63, 3.8) is 0 Å². The van der Waals surface area contributed by atoms with E-state index in [4.69, 9.17) is 0 Å². The maximum absolute atomic E-state index is 4.28. The molecule has 1 aromatic heterocycles. The van der Waals surface area contributed by atoms with Crippen LogP contribution in [0, 0.1) is 0 Å². The number of likely N-dealkylation sites (N-methyl/N-ethyl adjacent to an activating group) is 1. The summed E-state index contributed by atoms with van der Waals surface area (Å²) in [6.07, 6.45) is 3.32. The number of fused-ring (bicyclic) bond motifs is 2. The molecule has 16 heavy (non-hydrogen) atoms. The molecule has 4 heteroatoms. The normalized spacial score (nSPS) is 30.1. The summed E-state index contributed by atoms with van der Waals surface area (Å²) in [6, 6.07) is 5.73. The predicted octanol–water partition coefficient (Wildman–Crippen LogP) is 1.73. The molecule has 1 aromatic rings. The topological polar surface area (TPSA) is 19.4 Å².